The number of hydrogen-bond acceptors (Lipinski definition) is 5. The number of piperazine rings is 1. The fourth-order valence-electron chi connectivity index (χ4n) is 2.26. The van der Waals surface area contributed by atoms with Crippen LogP contribution in [0, 0.1) is 0 Å². The molecule has 2 heterocycles. The van der Waals surface area contributed by atoms with E-state index >= 15 is 0 Å². The van der Waals surface area contributed by atoms with Crippen LogP contribution in [0.1, 0.15) is 6.42 Å². The highest BCUT2D eigenvalue weighted by Gasteiger charge is 2.24. The highest BCUT2D eigenvalue weighted by Crippen LogP contribution is 2.29. The Labute approximate surface area is 122 Å². The zero-order chi connectivity index (χ0) is 13.8. The van der Waals surface area contributed by atoms with Gasteiger partial charge >= 0.3 is 0 Å². The van der Waals surface area contributed by atoms with Crippen molar-refractivity contribution >= 4 is 23.9 Å². The van der Waals surface area contributed by atoms with Crippen LogP contribution in [0.3, 0.4) is 0 Å². The number of anilines is 2. The summed E-state index contributed by atoms with van der Waals surface area (Å²) in [5, 5.41) is 3.09. The lowest BCUT2D eigenvalue weighted by molar-refractivity contribution is 0.121. The molecule has 20 heavy (non-hydrogen) atoms. The minimum Gasteiger partial charge on any atom is -0.494 e. The van der Waals surface area contributed by atoms with E-state index < -0.39 is 6.43 Å². The van der Waals surface area contributed by atoms with Crippen LogP contribution in [-0.2, 0) is 0 Å². The van der Waals surface area contributed by atoms with E-state index in [2.05, 4.69) is 10.3 Å². The van der Waals surface area contributed by atoms with E-state index in [0.29, 0.717) is 24.7 Å². The van der Waals surface area contributed by atoms with Crippen molar-refractivity contribution in [3.05, 3.63) is 12.3 Å². The Morgan fingerprint density at radius 2 is 2.35 bits per heavy atom. The van der Waals surface area contributed by atoms with Crippen LogP contribution in [0.25, 0.3) is 0 Å². The summed E-state index contributed by atoms with van der Waals surface area (Å²) in [4.78, 5) is 6.03. The van der Waals surface area contributed by atoms with Crippen LogP contribution in [0.15, 0.2) is 12.3 Å². The van der Waals surface area contributed by atoms with Crippen molar-refractivity contribution in [2.45, 2.75) is 18.9 Å². The molecule has 0 bridgehead atoms. The smallest absolute Gasteiger partial charge is 0.240 e. The summed E-state index contributed by atoms with van der Waals surface area (Å²) >= 11 is 0. The van der Waals surface area contributed by atoms with Crippen molar-refractivity contribution in [2.75, 3.05) is 37.4 Å². The van der Waals surface area contributed by atoms with Gasteiger partial charge in [0.1, 0.15) is 11.6 Å². The van der Waals surface area contributed by atoms with Gasteiger partial charge in [0.05, 0.1) is 19.0 Å². The van der Waals surface area contributed by atoms with Gasteiger partial charge < -0.3 is 20.7 Å². The second-order valence-corrected chi connectivity index (χ2v) is 4.50. The van der Waals surface area contributed by atoms with Crippen LogP contribution >= 0.6 is 12.4 Å². The molecular weight excluding hydrogens is 290 g/mol. The van der Waals surface area contributed by atoms with Gasteiger partial charge in [0.15, 0.2) is 0 Å². The molecule has 0 amide bonds. The molecule has 0 aliphatic carbocycles. The molecule has 0 radical (unpaired) electrons. The molecule has 114 valence electrons. The Kier molecular flexibility index (Phi) is 6.22. The molecule has 1 aromatic rings. The number of methoxy groups -OCH3 is 1. The average Bonchev–Trinajstić information content (AvgIpc) is 2.38. The first-order valence-corrected chi connectivity index (χ1v) is 6.16. The Morgan fingerprint density at radius 3 is 3.00 bits per heavy atom. The lowest BCUT2D eigenvalue weighted by atomic mass is 10.1. The normalized spacial score (nSPS) is 18.8. The number of aromatic nitrogens is 1. The maximum Gasteiger partial charge on any atom is 0.240 e. The zero-order valence-electron chi connectivity index (χ0n) is 11.2. The molecule has 1 fully saturated rings. The van der Waals surface area contributed by atoms with Crippen LogP contribution in [-0.4, -0.2) is 44.2 Å². The summed E-state index contributed by atoms with van der Waals surface area (Å²) in [6.07, 6.45) is -0.830. The van der Waals surface area contributed by atoms with E-state index in [-0.39, 0.29) is 24.9 Å². The number of nitrogens with one attached hydrogen (secondary N) is 1. The minimum absolute atomic E-state index is 0. The van der Waals surface area contributed by atoms with E-state index in [1.54, 1.807) is 19.4 Å². The van der Waals surface area contributed by atoms with Crippen molar-refractivity contribution in [1.29, 1.82) is 0 Å². The summed E-state index contributed by atoms with van der Waals surface area (Å²) < 4.78 is 30.1. The standard InChI is InChI=1S/C12H18F2N4O.ClH/c1-19-10-5-12(15)17-6-9(10)18-3-2-16-8(7-18)4-11(13)14;/h5-6,8,11,16H,2-4,7H2,1H3,(H2,15,17);1H. The highest BCUT2D eigenvalue weighted by molar-refractivity contribution is 5.85. The van der Waals surface area contributed by atoms with Crippen LogP contribution < -0.4 is 20.7 Å². The number of nitrogen functional groups attached to an aromatic ring is 1. The SMILES string of the molecule is COc1cc(N)ncc1N1CCNC(CC(F)F)C1.Cl. The largest absolute Gasteiger partial charge is 0.494 e. The summed E-state index contributed by atoms with van der Waals surface area (Å²) in [7, 11) is 1.55. The van der Waals surface area contributed by atoms with Gasteiger partial charge in [-0.15, -0.1) is 12.4 Å². The zero-order valence-corrected chi connectivity index (χ0v) is 12.0. The second kappa shape index (κ2) is 7.44. The van der Waals surface area contributed by atoms with Crippen LogP contribution in [0.4, 0.5) is 20.3 Å². The van der Waals surface area contributed by atoms with Crippen LogP contribution in [0.5, 0.6) is 5.75 Å². The Morgan fingerprint density at radius 1 is 1.60 bits per heavy atom. The van der Waals surface area contributed by atoms with E-state index in [4.69, 9.17) is 10.5 Å². The molecule has 1 aromatic heterocycles. The van der Waals surface area contributed by atoms with E-state index in [9.17, 15) is 8.78 Å². The first-order valence-electron chi connectivity index (χ1n) is 6.16. The lowest BCUT2D eigenvalue weighted by Crippen LogP contribution is -2.51. The molecule has 1 unspecified atom stereocenters. The van der Waals surface area contributed by atoms with E-state index in [1.165, 1.54) is 0 Å². The van der Waals surface area contributed by atoms with Crippen molar-refractivity contribution in [2.24, 2.45) is 0 Å². The maximum atomic E-state index is 12.4. The third-order valence-electron chi connectivity index (χ3n) is 3.15. The van der Waals surface area contributed by atoms with Gasteiger partial charge in [0.2, 0.25) is 6.43 Å². The summed E-state index contributed by atoms with van der Waals surface area (Å²) in [6, 6.07) is 1.41. The number of nitrogens with two attached hydrogens (primary N) is 1. The molecule has 2 rings (SSSR count). The molecule has 1 aliphatic rings. The molecule has 0 aromatic carbocycles. The van der Waals surface area contributed by atoms with Crippen molar-refractivity contribution in [1.82, 2.24) is 10.3 Å². The molecule has 0 saturated carbocycles. The third kappa shape index (κ3) is 4.08. The summed E-state index contributed by atoms with van der Waals surface area (Å²) in [5.74, 6) is 0.991. The number of rotatable bonds is 4. The average molecular weight is 309 g/mol. The molecular formula is C12H19ClF2N4O. The first kappa shape index (κ1) is 16.7. The predicted octanol–water partition coefficient (Wildman–Crippen LogP) is 1.53. The van der Waals surface area contributed by atoms with Gasteiger partial charge in [-0.1, -0.05) is 0 Å². The van der Waals surface area contributed by atoms with Gasteiger partial charge in [0, 0.05) is 38.2 Å². The topological polar surface area (TPSA) is 63.4 Å². The number of hydrogen-bond donors (Lipinski definition) is 2. The third-order valence-corrected chi connectivity index (χ3v) is 3.15. The molecule has 8 heteroatoms. The van der Waals surface area contributed by atoms with Crippen molar-refractivity contribution in [3.63, 3.8) is 0 Å². The quantitative estimate of drug-likeness (QED) is 0.883. The minimum atomic E-state index is -2.30. The summed E-state index contributed by atoms with van der Waals surface area (Å²) in [5.41, 5.74) is 6.39. The number of pyridine rings is 1. The Balaban J connectivity index is 0.00000200. The van der Waals surface area contributed by atoms with Gasteiger partial charge in [0.25, 0.3) is 0 Å². The van der Waals surface area contributed by atoms with Crippen molar-refractivity contribution in [3.8, 4) is 5.75 Å². The number of nitrogens with zero attached hydrogens (tertiary/aromatic N) is 2. The molecule has 1 saturated heterocycles. The van der Waals surface area contributed by atoms with Crippen LogP contribution in [0.2, 0.25) is 0 Å². The molecule has 1 aliphatic heterocycles. The molecule has 1 atom stereocenters. The van der Waals surface area contributed by atoms with Gasteiger partial charge in [-0.25, -0.2) is 13.8 Å². The van der Waals surface area contributed by atoms with Gasteiger partial charge in [-0.3, -0.25) is 0 Å². The number of ether oxygens (including phenoxy) is 1. The predicted molar refractivity (Wildman–Crippen MR) is 77.1 cm³/mol. The number of alkyl halides is 2. The lowest BCUT2D eigenvalue weighted by Gasteiger charge is -2.35. The van der Waals surface area contributed by atoms with Gasteiger partial charge in [-0.05, 0) is 0 Å². The fourth-order valence-corrected chi connectivity index (χ4v) is 2.26. The molecule has 5 nitrogen and oxygen atoms in total. The monoisotopic (exact) mass is 308 g/mol. The second-order valence-electron chi connectivity index (χ2n) is 4.50. The van der Waals surface area contributed by atoms with Gasteiger partial charge in [-0.2, -0.15) is 0 Å². The van der Waals surface area contributed by atoms with Crippen molar-refractivity contribution < 1.29 is 13.5 Å². The van der Waals surface area contributed by atoms with E-state index in [0.717, 1.165) is 12.2 Å². The Hall–Kier alpha value is -1.34. The molecule has 0 spiro atoms. The van der Waals surface area contributed by atoms with E-state index in [1.807, 2.05) is 4.90 Å². The first-order chi connectivity index (χ1) is 9.10. The Bertz CT molecular complexity index is 436. The maximum absolute atomic E-state index is 12.4. The fraction of sp³-hybridized carbons (Fsp3) is 0.583. The number of halogens is 3. The highest BCUT2D eigenvalue weighted by atomic mass is 35.5. The summed E-state index contributed by atoms with van der Waals surface area (Å²) in [6.45, 7) is 1.89. The molecule has 3 N–H and O–H groups in total.